The molecule has 1 N–H and O–H groups in total. The van der Waals surface area contributed by atoms with Gasteiger partial charge in [-0.15, -0.1) is 0 Å². The number of hydrogen-bond acceptors (Lipinski definition) is 5. The summed E-state index contributed by atoms with van der Waals surface area (Å²) in [5, 5.41) is 3.52. The van der Waals surface area contributed by atoms with Gasteiger partial charge >= 0.3 is 0 Å². The van der Waals surface area contributed by atoms with Crippen LogP contribution in [0.2, 0.25) is 0 Å². The third kappa shape index (κ3) is 4.27. The largest absolute Gasteiger partial charge is 0.495 e. The van der Waals surface area contributed by atoms with Crippen molar-refractivity contribution in [3.63, 3.8) is 0 Å². The fraction of sp³-hybridized carbons (Fsp3) is 0.455. The molecule has 0 unspecified atom stereocenters. The quantitative estimate of drug-likeness (QED) is 0.814. The molecule has 0 atom stereocenters. The first kappa shape index (κ1) is 20.2. The molecule has 0 amide bonds. The van der Waals surface area contributed by atoms with Gasteiger partial charge in [-0.2, -0.15) is 4.31 Å². The van der Waals surface area contributed by atoms with Crippen LogP contribution in [0.5, 0.6) is 5.75 Å². The zero-order valence-electron chi connectivity index (χ0n) is 17.1. The van der Waals surface area contributed by atoms with E-state index in [9.17, 15) is 8.42 Å². The topological polar surface area (TPSA) is 61.9 Å². The average molecular weight is 416 g/mol. The minimum Gasteiger partial charge on any atom is -0.495 e. The van der Waals surface area contributed by atoms with E-state index in [0.717, 1.165) is 43.6 Å². The van der Waals surface area contributed by atoms with E-state index < -0.39 is 10.0 Å². The van der Waals surface area contributed by atoms with Crippen molar-refractivity contribution in [3.05, 3.63) is 53.6 Å². The lowest BCUT2D eigenvalue weighted by molar-refractivity contribution is 0.263. The summed E-state index contributed by atoms with van der Waals surface area (Å²) < 4.78 is 33.7. The van der Waals surface area contributed by atoms with Crippen LogP contribution in [0.4, 0.5) is 5.69 Å². The number of sulfonamides is 1. The fourth-order valence-electron chi connectivity index (χ4n) is 4.16. The van der Waals surface area contributed by atoms with Gasteiger partial charge < -0.3 is 15.0 Å². The number of benzene rings is 2. The van der Waals surface area contributed by atoms with E-state index in [0.29, 0.717) is 29.8 Å². The molecule has 2 aliphatic rings. The number of rotatable bonds is 5. The maximum atomic E-state index is 13.3. The molecule has 0 aromatic heterocycles. The Hall–Kier alpha value is -2.09. The van der Waals surface area contributed by atoms with Crippen LogP contribution in [0.15, 0.2) is 47.4 Å². The molecule has 0 bridgehead atoms. The number of anilines is 1. The Morgan fingerprint density at radius 1 is 1.03 bits per heavy atom. The van der Waals surface area contributed by atoms with Crippen LogP contribution >= 0.6 is 0 Å². The van der Waals surface area contributed by atoms with Gasteiger partial charge in [-0.05, 0) is 68.7 Å². The van der Waals surface area contributed by atoms with E-state index in [1.54, 1.807) is 29.6 Å². The van der Waals surface area contributed by atoms with Gasteiger partial charge in [0.2, 0.25) is 10.0 Å². The van der Waals surface area contributed by atoms with E-state index in [2.05, 4.69) is 23.3 Å². The van der Waals surface area contributed by atoms with Crippen molar-refractivity contribution in [2.45, 2.75) is 36.7 Å². The number of nitrogens with zero attached hydrogens (tertiary/aromatic N) is 2. The Kier molecular flexibility index (Phi) is 5.81. The molecule has 6 nitrogen and oxygen atoms in total. The Morgan fingerprint density at radius 3 is 2.48 bits per heavy atom. The molecule has 0 saturated carbocycles. The molecule has 156 valence electrons. The monoisotopic (exact) mass is 415 g/mol. The molecule has 2 aliphatic heterocycles. The molecular formula is C22H29N3O3S. The van der Waals surface area contributed by atoms with Crippen molar-refractivity contribution in [2.75, 3.05) is 39.1 Å². The molecular weight excluding hydrogens is 386 g/mol. The maximum absolute atomic E-state index is 13.3. The highest BCUT2D eigenvalue weighted by atomic mass is 32.2. The van der Waals surface area contributed by atoms with Gasteiger partial charge in [0.25, 0.3) is 0 Å². The Bertz CT molecular complexity index is 969. The highest BCUT2D eigenvalue weighted by Crippen LogP contribution is 2.32. The molecule has 1 fully saturated rings. The third-order valence-electron chi connectivity index (χ3n) is 5.98. The number of likely N-dealkylation sites (tertiary alicyclic amines) is 1. The maximum Gasteiger partial charge on any atom is 0.243 e. The van der Waals surface area contributed by atoms with Gasteiger partial charge in [0.05, 0.1) is 17.7 Å². The lowest BCUT2D eigenvalue weighted by atomic mass is 10.0. The first-order chi connectivity index (χ1) is 14.0. The molecule has 0 spiro atoms. The van der Waals surface area contributed by atoms with Gasteiger partial charge in [-0.3, -0.25) is 0 Å². The van der Waals surface area contributed by atoms with Crippen LogP contribution in [-0.2, 0) is 23.0 Å². The molecule has 2 heterocycles. The molecule has 29 heavy (non-hydrogen) atoms. The Balaban J connectivity index is 1.57. The summed E-state index contributed by atoms with van der Waals surface area (Å²) in [7, 11) is 0.169. The summed E-state index contributed by atoms with van der Waals surface area (Å²) in [5.74, 6) is 0.673. The SMILES string of the molecule is COc1ccc(S(=O)(=O)N2CCc3ccccc3C2)cc1NC1CCN(C)CC1. The normalized spacial score (nSPS) is 19.0. The van der Waals surface area contributed by atoms with Gasteiger partial charge in [-0.1, -0.05) is 24.3 Å². The van der Waals surface area contributed by atoms with E-state index in [-0.39, 0.29) is 0 Å². The van der Waals surface area contributed by atoms with Crippen LogP contribution < -0.4 is 10.1 Å². The van der Waals surface area contributed by atoms with Gasteiger partial charge in [0.1, 0.15) is 5.75 Å². The predicted molar refractivity (Wildman–Crippen MR) is 115 cm³/mol. The van der Waals surface area contributed by atoms with Crippen molar-refractivity contribution in [1.82, 2.24) is 9.21 Å². The lowest BCUT2D eigenvalue weighted by Crippen LogP contribution is -2.37. The van der Waals surface area contributed by atoms with Crippen LogP contribution in [0, 0.1) is 0 Å². The van der Waals surface area contributed by atoms with E-state index in [1.165, 1.54) is 5.56 Å². The summed E-state index contributed by atoms with van der Waals surface area (Å²) in [6.45, 7) is 2.99. The van der Waals surface area contributed by atoms with Crippen molar-refractivity contribution >= 4 is 15.7 Å². The van der Waals surface area contributed by atoms with Crippen LogP contribution in [0.1, 0.15) is 24.0 Å². The number of piperidine rings is 1. The number of ether oxygens (including phenoxy) is 1. The summed E-state index contributed by atoms with van der Waals surface area (Å²) in [5.41, 5.74) is 3.07. The van der Waals surface area contributed by atoms with E-state index in [1.807, 2.05) is 18.2 Å². The standard InChI is InChI=1S/C22H29N3O3S/c1-24-12-10-19(11-13-24)23-21-15-20(7-8-22(21)28-2)29(26,27)25-14-9-17-5-3-4-6-18(17)16-25/h3-8,15,19,23H,9-14,16H2,1-2H3. The summed E-state index contributed by atoms with van der Waals surface area (Å²) in [6, 6.07) is 13.5. The third-order valence-corrected chi connectivity index (χ3v) is 7.82. The van der Waals surface area contributed by atoms with Crippen molar-refractivity contribution in [2.24, 2.45) is 0 Å². The molecule has 2 aromatic rings. The summed E-state index contributed by atoms with van der Waals surface area (Å²) >= 11 is 0. The second-order valence-electron chi connectivity index (χ2n) is 7.94. The minimum absolute atomic E-state index is 0.313. The Labute approximate surface area is 173 Å². The molecule has 1 saturated heterocycles. The first-order valence-corrected chi connectivity index (χ1v) is 11.6. The number of methoxy groups -OCH3 is 1. The second kappa shape index (κ2) is 8.34. The van der Waals surface area contributed by atoms with Gasteiger partial charge in [-0.25, -0.2) is 8.42 Å². The van der Waals surface area contributed by atoms with Crippen LogP contribution in [0.3, 0.4) is 0 Å². The molecule has 4 rings (SSSR count). The van der Waals surface area contributed by atoms with Gasteiger partial charge in [0, 0.05) is 19.1 Å². The predicted octanol–water partition coefficient (Wildman–Crippen LogP) is 2.95. The lowest BCUT2D eigenvalue weighted by Gasteiger charge is -2.31. The van der Waals surface area contributed by atoms with Crippen molar-refractivity contribution < 1.29 is 13.2 Å². The molecule has 7 heteroatoms. The van der Waals surface area contributed by atoms with Crippen molar-refractivity contribution in [1.29, 1.82) is 0 Å². The highest BCUT2D eigenvalue weighted by molar-refractivity contribution is 7.89. The summed E-state index contributed by atoms with van der Waals surface area (Å²) in [4.78, 5) is 2.62. The number of fused-ring (bicyclic) bond motifs is 1. The van der Waals surface area contributed by atoms with Crippen LogP contribution in [-0.4, -0.2) is 57.5 Å². The first-order valence-electron chi connectivity index (χ1n) is 10.2. The molecule has 0 radical (unpaired) electrons. The Morgan fingerprint density at radius 2 is 1.76 bits per heavy atom. The highest BCUT2D eigenvalue weighted by Gasteiger charge is 2.29. The summed E-state index contributed by atoms with van der Waals surface area (Å²) in [6.07, 6.45) is 2.80. The van der Waals surface area contributed by atoms with Gasteiger partial charge in [0.15, 0.2) is 0 Å². The molecule has 0 aliphatic carbocycles. The van der Waals surface area contributed by atoms with Crippen molar-refractivity contribution in [3.8, 4) is 5.75 Å². The number of hydrogen-bond donors (Lipinski definition) is 1. The average Bonchev–Trinajstić information content (AvgIpc) is 2.75. The van der Waals surface area contributed by atoms with E-state index >= 15 is 0 Å². The van der Waals surface area contributed by atoms with Crippen LogP contribution in [0.25, 0.3) is 0 Å². The number of nitrogens with one attached hydrogen (secondary N) is 1. The van der Waals surface area contributed by atoms with E-state index in [4.69, 9.17) is 4.74 Å². The minimum atomic E-state index is -3.57. The molecule has 2 aromatic carbocycles. The second-order valence-corrected chi connectivity index (χ2v) is 9.88. The zero-order valence-corrected chi connectivity index (χ0v) is 17.9. The zero-order chi connectivity index (χ0) is 20.4. The fourth-order valence-corrected chi connectivity index (χ4v) is 5.60. The smallest absolute Gasteiger partial charge is 0.243 e.